The standard InChI is InChI=1S/C14H21ClN2O3S/c1-14(2,3)16-13(18)10-17(21(4,19)20)9-11-5-7-12(15)8-6-11/h5-8H,9-10H2,1-4H3,(H,16,18). The van der Waals surface area contributed by atoms with E-state index in [1.165, 1.54) is 0 Å². The maximum absolute atomic E-state index is 11.9. The molecule has 0 radical (unpaired) electrons. The molecule has 0 saturated heterocycles. The van der Waals surface area contributed by atoms with Gasteiger partial charge in [-0.1, -0.05) is 23.7 Å². The zero-order valence-electron chi connectivity index (χ0n) is 12.7. The highest BCUT2D eigenvalue weighted by Gasteiger charge is 2.22. The summed E-state index contributed by atoms with van der Waals surface area (Å²) in [6.07, 6.45) is 1.09. The molecule has 1 aromatic carbocycles. The van der Waals surface area contributed by atoms with Crippen molar-refractivity contribution in [1.29, 1.82) is 0 Å². The molecule has 1 N–H and O–H groups in total. The van der Waals surface area contributed by atoms with Gasteiger partial charge in [-0.05, 0) is 38.5 Å². The largest absolute Gasteiger partial charge is 0.350 e. The van der Waals surface area contributed by atoms with Crippen molar-refractivity contribution in [2.75, 3.05) is 12.8 Å². The van der Waals surface area contributed by atoms with E-state index in [4.69, 9.17) is 11.6 Å². The average Bonchev–Trinajstić information content (AvgIpc) is 2.27. The molecule has 0 unspecified atom stereocenters. The second kappa shape index (κ2) is 6.77. The summed E-state index contributed by atoms with van der Waals surface area (Å²) in [6.45, 7) is 5.45. The molecule has 0 aliphatic heterocycles. The molecule has 118 valence electrons. The Kier molecular flexibility index (Phi) is 5.78. The van der Waals surface area contributed by atoms with Crippen molar-refractivity contribution in [3.05, 3.63) is 34.9 Å². The Balaban J connectivity index is 2.83. The summed E-state index contributed by atoms with van der Waals surface area (Å²) >= 11 is 5.80. The second-order valence-electron chi connectivity index (χ2n) is 5.96. The first kappa shape index (κ1) is 17.9. The van der Waals surface area contributed by atoms with Crippen molar-refractivity contribution in [2.45, 2.75) is 32.9 Å². The summed E-state index contributed by atoms with van der Waals surface area (Å²) < 4.78 is 24.8. The van der Waals surface area contributed by atoms with Crippen molar-refractivity contribution in [2.24, 2.45) is 0 Å². The Hall–Kier alpha value is -1.11. The van der Waals surface area contributed by atoms with Crippen LogP contribution in [0.4, 0.5) is 0 Å². The monoisotopic (exact) mass is 332 g/mol. The molecule has 1 rings (SSSR count). The Morgan fingerprint density at radius 1 is 1.24 bits per heavy atom. The SMILES string of the molecule is CC(C)(C)NC(=O)CN(Cc1ccc(Cl)cc1)S(C)(=O)=O. The number of amides is 1. The zero-order valence-corrected chi connectivity index (χ0v) is 14.3. The molecule has 0 saturated carbocycles. The lowest BCUT2D eigenvalue weighted by Crippen LogP contribution is -2.46. The van der Waals surface area contributed by atoms with Crippen LogP contribution in [-0.2, 0) is 21.4 Å². The molecule has 5 nitrogen and oxygen atoms in total. The number of nitrogens with zero attached hydrogens (tertiary/aromatic N) is 1. The minimum absolute atomic E-state index is 0.133. The molecule has 21 heavy (non-hydrogen) atoms. The molecule has 0 aliphatic rings. The summed E-state index contributed by atoms with van der Waals surface area (Å²) in [4.78, 5) is 11.9. The fourth-order valence-electron chi connectivity index (χ4n) is 1.70. The topological polar surface area (TPSA) is 66.5 Å². The number of halogens is 1. The minimum Gasteiger partial charge on any atom is -0.350 e. The van der Waals surface area contributed by atoms with Crippen molar-refractivity contribution in [3.8, 4) is 0 Å². The lowest BCUT2D eigenvalue weighted by molar-refractivity contribution is -0.122. The summed E-state index contributed by atoms with van der Waals surface area (Å²) in [6, 6.07) is 6.85. The van der Waals surface area contributed by atoms with Crippen molar-refractivity contribution in [1.82, 2.24) is 9.62 Å². The van der Waals surface area contributed by atoms with Crippen molar-refractivity contribution < 1.29 is 13.2 Å². The van der Waals surface area contributed by atoms with Crippen LogP contribution < -0.4 is 5.32 Å². The Bertz CT molecular complexity index is 592. The molecular formula is C14H21ClN2O3S. The number of hydrogen-bond donors (Lipinski definition) is 1. The van der Waals surface area contributed by atoms with E-state index in [1.807, 2.05) is 20.8 Å². The maximum Gasteiger partial charge on any atom is 0.235 e. The van der Waals surface area contributed by atoms with Crippen LogP contribution in [0.3, 0.4) is 0 Å². The lowest BCUT2D eigenvalue weighted by Gasteiger charge is -2.24. The van der Waals surface area contributed by atoms with Gasteiger partial charge in [0.15, 0.2) is 0 Å². The average molecular weight is 333 g/mol. The van der Waals surface area contributed by atoms with Gasteiger partial charge in [-0.15, -0.1) is 0 Å². The molecule has 0 heterocycles. The van der Waals surface area contributed by atoms with Crippen LogP contribution in [0.2, 0.25) is 5.02 Å². The highest BCUT2D eigenvalue weighted by molar-refractivity contribution is 7.88. The summed E-state index contributed by atoms with van der Waals surface area (Å²) in [5, 5.41) is 3.33. The fourth-order valence-corrected chi connectivity index (χ4v) is 2.56. The fraction of sp³-hybridized carbons (Fsp3) is 0.500. The smallest absolute Gasteiger partial charge is 0.235 e. The van der Waals surface area contributed by atoms with E-state index in [0.29, 0.717) is 5.02 Å². The predicted molar refractivity (Wildman–Crippen MR) is 84.6 cm³/mol. The molecule has 1 amide bonds. The van der Waals surface area contributed by atoms with E-state index in [9.17, 15) is 13.2 Å². The Morgan fingerprint density at radius 2 is 1.76 bits per heavy atom. The van der Waals surface area contributed by atoms with Crippen LogP contribution in [0.25, 0.3) is 0 Å². The van der Waals surface area contributed by atoms with Gasteiger partial charge in [0.1, 0.15) is 0 Å². The van der Waals surface area contributed by atoms with Gasteiger partial charge < -0.3 is 5.32 Å². The molecular weight excluding hydrogens is 312 g/mol. The van der Waals surface area contributed by atoms with Crippen molar-refractivity contribution in [3.63, 3.8) is 0 Å². The van der Waals surface area contributed by atoms with Crippen LogP contribution in [-0.4, -0.2) is 37.0 Å². The van der Waals surface area contributed by atoms with Gasteiger partial charge in [0, 0.05) is 17.1 Å². The van der Waals surface area contributed by atoms with Crippen molar-refractivity contribution >= 4 is 27.5 Å². The first-order chi connectivity index (χ1) is 9.47. The lowest BCUT2D eigenvalue weighted by atomic mass is 10.1. The van der Waals surface area contributed by atoms with Crippen LogP contribution in [0.1, 0.15) is 26.3 Å². The first-order valence-corrected chi connectivity index (χ1v) is 8.70. The van der Waals surface area contributed by atoms with E-state index in [-0.39, 0.29) is 19.0 Å². The number of carbonyl (C=O) groups excluding carboxylic acids is 1. The van der Waals surface area contributed by atoms with Crippen LogP contribution in [0.5, 0.6) is 0 Å². The predicted octanol–water partition coefficient (Wildman–Crippen LogP) is 2.02. The van der Waals surface area contributed by atoms with Crippen LogP contribution >= 0.6 is 11.6 Å². The van der Waals surface area contributed by atoms with Gasteiger partial charge >= 0.3 is 0 Å². The molecule has 0 fully saturated rings. The van der Waals surface area contributed by atoms with E-state index in [2.05, 4.69) is 5.32 Å². The van der Waals surface area contributed by atoms with Gasteiger partial charge in [-0.2, -0.15) is 4.31 Å². The highest BCUT2D eigenvalue weighted by Crippen LogP contribution is 2.13. The van der Waals surface area contributed by atoms with E-state index < -0.39 is 15.6 Å². The quantitative estimate of drug-likeness (QED) is 0.897. The van der Waals surface area contributed by atoms with Crippen LogP contribution in [0, 0.1) is 0 Å². The molecule has 0 atom stereocenters. The molecule has 0 aromatic heterocycles. The van der Waals surface area contributed by atoms with Gasteiger partial charge in [-0.25, -0.2) is 8.42 Å². The summed E-state index contributed by atoms with van der Waals surface area (Å²) in [5.74, 6) is -0.332. The zero-order chi connectivity index (χ0) is 16.3. The Morgan fingerprint density at radius 3 is 2.19 bits per heavy atom. The minimum atomic E-state index is -3.48. The van der Waals surface area contributed by atoms with E-state index in [0.717, 1.165) is 16.1 Å². The maximum atomic E-state index is 11.9. The van der Waals surface area contributed by atoms with Crippen LogP contribution in [0.15, 0.2) is 24.3 Å². The molecule has 0 aliphatic carbocycles. The number of benzene rings is 1. The Labute approximate surface area is 131 Å². The third kappa shape index (κ3) is 6.93. The van der Waals surface area contributed by atoms with Gasteiger partial charge in [0.25, 0.3) is 0 Å². The molecule has 1 aromatic rings. The van der Waals surface area contributed by atoms with Gasteiger partial charge in [0.2, 0.25) is 15.9 Å². The highest BCUT2D eigenvalue weighted by atomic mass is 35.5. The number of sulfonamides is 1. The number of hydrogen-bond acceptors (Lipinski definition) is 3. The summed E-state index contributed by atoms with van der Waals surface area (Å²) in [5.41, 5.74) is 0.369. The molecule has 0 spiro atoms. The second-order valence-corrected chi connectivity index (χ2v) is 8.37. The third-order valence-corrected chi connectivity index (χ3v) is 4.02. The van der Waals surface area contributed by atoms with Gasteiger partial charge in [0.05, 0.1) is 12.8 Å². The number of carbonyl (C=O) groups is 1. The normalized spacial score (nSPS) is 12.5. The third-order valence-electron chi connectivity index (χ3n) is 2.58. The number of nitrogens with one attached hydrogen (secondary N) is 1. The number of rotatable bonds is 5. The molecule has 0 bridgehead atoms. The molecule has 7 heteroatoms. The summed E-state index contributed by atoms with van der Waals surface area (Å²) in [7, 11) is -3.48. The van der Waals surface area contributed by atoms with E-state index in [1.54, 1.807) is 24.3 Å². The van der Waals surface area contributed by atoms with E-state index >= 15 is 0 Å². The van der Waals surface area contributed by atoms with Gasteiger partial charge in [-0.3, -0.25) is 4.79 Å². The first-order valence-electron chi connectivity index (χ1n) is 6.48.